The van der Waals surface area contributed by atoms with Crippen LogP contribution in [0.5, 0.6) is 0 Å². The number of ketones is 1. The highest BCUT2D eigenvalue weighted by atomic mass is 16.5. The number of carbonyl (C=O) groups is 1. The average Bonchev–Trinajstić information content (AvgIpc) is 2.69. The van der Waals surface area contributed by atoms with Crippen LogP contribution in [0.4, 0.5) is 0 Å². The number of hydrogen-bond donors (Lipinski definition) is 1. The molecule has 1 aliphatic carbocycles. The zero-order valence-electron chi connectivity index (χ0n) is 14.9. The summed E-state index contributed by atoms with van der Waals surface area (Å²) in [4.78, 5) is 13.1. The zero-order valence-corrected chi connectivity index (χ0v) is 14.9. The van der Waals surface area contributed by atoms with Crippen LogP contribution in [-0.4, -0.2) is 5.78 Å². The number of carbonyl (C=O) groups excluding carboxylic acids is 1. The third-order valence-corrected chi connectivity index (χ3v) is 5.33. The van der Waals surface area contributed by atoms with Gasteiger partial charge < -0.3 is 10.5 Å². The number of allylic oxidation sites excluding steroid dienone is 3. The number of nitrogens with two attached hydrogens (primary N) is 1. The summed E-state index contributed by atoms with van der Waals surface area (Å²) in [5, 5.41) is 9.61. The monoisotopic (exact) mass is 356 g/mol. The van der Waals surface area contributed by atoms with Crippen LogP contribution >= 0.6 is 0 Å². The Morgan fingerprint density at radius 1 is 1.04 bits per heavy atom. The number of nitriles is 1. The van der Waals surface area contributed by atoms with Crippen molar-refractivity contribution in [3.05, 3.63) is 94.6 Å². The van der Waals surface area contributed by atoms with Crippen molar-refractivity contribution in [1.82, 2.24) is 0 Å². The Morgan fingerprint density at radius 3 is 2.37 bits per heavy atom. The summed E-state index contributed by atoms with van der Waals surface area (Å²) in [7, 11) is 0. The molecule has 2 aliphatic rings. The summed E-state index contributed by atoms with van der Waals surface area (Å²) in [5.74, 6) is 0.527. The molecule has 0 saturated carbocycles. The standard InChI is InChI=1S/C23H20N2O2/c24-14-19-18(11-15-7-3-1-4-8-15)22-20(26)12-17(13-21(22)27-23(19)25)16-9-5-2-6-10-16/h1-10,17-18H,11-13,25H2/t17-,18-/m0/s1. The van der Waals surface area contributed by atoms with E-state index < -0.39 is 0 Å². The van der Waals surface area contributed by atoms with E-state index in [0.29, 0.717) is 36.2 Å². The molecule has 2 aromatic carbocycles. The number of benzene rings is 2. The van der Waals surface area contributed by atoms with E-state index in [1.807, 2.05) is 60.7 Å². The van der Waals surface area contributed by atoms with E-state index in [9.17, 15) is 10.1 Å². The minimum atomic E-state index is -0.342. The Balaban J connectivity index is 1.71. The smallest absolute Gasteiger partial charge is 0.204 e. The highest BCUT2D eigenvalue weighted by molar-refractivity contribution is 5.99. The lowest BCUT2D eigenvalue weighted by molar-refractivity contribution is -0.117. The van der Waals surface area contributed by atoms with Gasteiger partial charge in [-0.3, -0.25) is 4.79 Å². The Bertz CT molecular complexity index is 968. The third-order valence-electron chi connectivity index (χ3n) is 5.33. The van der Waals surface area contributed by atoms with Gasteiger partial charge in [-0.15, -0.1) is 0 Å². The molecule has 0 bridgehead atoms. The Hall–Kier alpha value is -3.32. The van der Waals surface area contributed by atoms with E-state index in [1.54, 1.807) is 0 Å². The summed E-state index contributed by atoms with van der Waals surface area (Å²) >= 11 is 0. The largest absolute Gasteiger partial charge is 0.444 e. The van der Waals surface area contributed by atoms with E-state index in [2.05, 4.69) is 6.07 Å². The minimum absolute atomic E-state index is 0.0475. The molecule has 27 heavy (non-hydrogen) atoms. The minimum Gasteiger partial charge on any atom is -0.444 e. The summed E-state index contributed by atoms with van der Waals surface area (Å²) in [6, 6.07) is 22.0. The van der Waals surface area contributed by atoms with Crippen LogP contribution in [-0.2, 0) is 16.0 Å². The highest BCUT2D eigenvalue weighted by Crippen LogP contribution is 2.43. The first-order chi connectivity index (χ1) is 13.2. The molecule has 0 amide bonds. The number of nitrogens with zero attached hydrogens (tertiary/aromatic N) is 1. The van der Waals surface area contributed by atoms with Gasteiger partial charge >= 0.3 is 0 Å². The van der Waals surface area contributed by atoms with Crippen molar-refractivity contribution in [3.8, 4) is 6.07 Å². The van der Waals surface area contributed by atoms with E-state index in [-0.39, 0.29) is 23.5 Å². The lowest BCUT2D eigenvalue weighted by Crippen LogP contribution is -2.31. The normalized spacial score (nSPS) is 22.1. The first kappa shape index (κ1) is 17.1. The molecular formula is C23H20N2O2. The number of hydrogen-bond acceptors (Lipinski definition) is 4. The van der Waals surface area contributed by atoms with Crippen LogP contribution in [0.25, 0.3) is 0 Å². The zero-order chi connectivity index (χ0) is 18.8. The molecule has 1 heterocycles. The Kier molecular flexibility index (Phi) is 4.52. The van der Waals surface area contributed by atoms with Crippen LogP contribution in [0.3, 0.4) is 0 Å². The predicted molar refractivity (Wildman–Crippen MR) is 102 cm³/mol. The number of Topliss-reactive ketones (excluding diaryl/α,β-unsaturated/α-hetero) is 1. The van der Waals surface area contributed by atoms with Gasteiger partial charge in [-0.1, -0.05) is 60.7 Å². The predicted octanol–water partition coefficient (Wildman–Crippen LogP) is 3.97. The maximum absolute atomic E-state index is 13.1. The topological polar surface area (TPSA) is 76.1 Å². The molecular weight excluding hydrogens is 336 g/mol. The van der Waals surface area contributed by atoms with E-state index in [1.165, 1.54) is 0 Å². The summed E-state index contributed by atoms with van der Waals surface area (Å²) in [5.41, 5.74) is 9.22. The molecule has 2 aromatic rings. The van der Waals surface area contributed by atoms with Gasteiger partial charge in [0.05, 0.1) is 5.57 Å². The van der Waals surface area contributed by atoms with E-state index >= 15 is 0 Å². The van der Waals surface area contributed by atoms with Gasteiger partial charge in [0, 0.05) is 24.3 Å². The molecule has 0 fully saturated rings. The molecule has 0 spiro atoms. The van der Waals surface area contributed by atoms with Gasteiger partial charge in [-0.05, 0) is 23.5 Å². The van der Waals surface area contributed by atoms with Crippen LogP contribution in [0.15, 0.2) is 83.5 Å². The van der Waals surface area contributed by atoms with Crippen molar-refractivity contribution < 1.29 is 9.53 Å². The van der Waals surface area contributed by atoms with Gasteiger partial charge in [-0.2, -0.15) is 5.26 Å². The van der Waals surface area contributed by atoms with Crippen molar-refractivity contribution in [2.75, 3.05) is 0 Å². The molecule has 2 atom stereocenters. The van der Waals surface area contributed by atoms with Gasteiger partial charge in [-0.25, -0.2) is 0 Å². The fourth-order valence-corrected chi connectivity index (χ4v) is 4.03. The van der Waals surface area contributed by atoms with Gasteiger partial charge in [0.15, 0.2) is 5.78 Å². The second-order valence-electron chi connectivity index (χ2n) is 7.01. The quantitative estimate of drug-likeness (QED) is 0.903. The third kappa shape index (κ3) is 3.24. The van der Waals surface area contributed by atoms with Gasteiger partial charge in [0.25, 0.3) is 0 Å². The Labute approximate surface area is 158 Å². The molecule has 134 valence electrons. The van der Waals surface area contributed by atoms with E-state index in [4.69, 9.17) is 10.5 Å². The Morgan fingerprint density at radius 2 is 1.70 bits per heavy atom. The number of ether oxygens (including phenoxy) is 1. The second-order valence-corrected chi connectivity index (χ2v) is 7.01. The van der Waals surface area contributed by atoms with Crippen LogP contribution in [0.1, 0.15) is 29.9 Å². The molecule has 0 saturated heterocycles. The molecule has 4 nitrogen and oxygen atoms in total. The lowest BCUT2D eigenvalue weighted by atomic mass is 9.74. The van der Waals surface area contributed by atoms with Gasteiger partial charge in [0.2, 0.25) is 5.88 Å². The van der Waals surface area contributed by atoms with Crippen molar-refractivity contribution >= 4 is 5.78 Å². The second kappa shape index (κ2) is 7.13. The van der Waals surface area contributed by atoms with Crippen molar-refractivity contribution in [2.24, 2.45) is 11.7 Å². The summed E-state index contributed by atoms with van der Waals surface area (Å²) < 4.78 is 5.78. The van der Waals surface area contributed by atoms with Crippen LogP contribution in [0.2, 0.25) is 0 Å². The van der Waals surface area contributed by atoms with Crippen molar-refractivity contribution in [3.63, 3.8) is 0 Å². The molecule has 0 unspecified atom stereocenters. The van der Waals surface area contributed by atoms with E-state index in [0.717, 1.165) is 11.1 Å². The fraction of sp³-hybridized carbons (Fsp3) is 0.217. The number of rotatable bonds is 3. The van der Waals surface area contributed by atoms with Gasteiger partial charge in [0.1, 0.15) is 11.8 Å². The molecule has 4 heteroatoms. The van der Waals surface area contributed by atoms with Crippen LogP contribution in [0, 0.1) is 17.2 Å². The van der Waals surface area contributed by atoms with Crippen LogP contribution < -0.4 is 5.73 Å². The fourth-order valence-electron chi connectivity index (χ4n) is 4.03. The average molecular weight is 356 g/mol. The molecule has 0 radical (unpaired) electrons. The molecule has 1 aliphatic heterocycles. The van der Waals surface area contributed by atoms with Crippen molar-refractivity contribution in [1.29, 1.82) is 5.26 Å². The maximum atomic E-state index is 13.1. The molecule has 0 aromatic heterocycles. The lowest BCUT2D eigenvalue weighted by Gasteiger charge is -2.34. The first-order valence-corrected chi connectivity index (χ1v) is 9.10. The first-order valence-electron chi connectivity index (χ1n) is 9.10. The SMILES string of the molecule is N#CC1=C(N)OC2=C(C(=O)C[C@H](c3ccccc3)C2)[C@H]1Cc1ccccc1. The molecule has 4 rings (SSSR count). The maximum Gasteiger partial charge on any atom is 0.204 e. The molecule has 2 N–H and O–H groups in total. The summed E-state index contributed by atoms with van der Waals surface area (Å²) in [6.07, 6.45) is 1.61. The van der Waals surface area contributed by atoms with Crippen molar-refractivity contribution in [2.45, 2.75) is 25.2 Å². The highest BCUT2D eigenvalue weighted by Gasteiger charge is 2.40. The summed E-state index contributed by atoms with van der Waals surface area (Å²) in [6.45, 7) is 0.